The minimum absolute atomic E-state index is 0.141. The van der Waals surface area contributed by atoms with E-state index in [0.717, 1.165) is 5.56 Å². The first-order valence-electron chi connectivity index (χ1n) is 10.9. The molecule has 1 unspecified atom stereocenters. The molecule has 0 fully saturated rings. The quantitative estimate of drug-likeness (QED) is 0.287. The van der Waals surface area contributed by atoms with Crippen LogP contribution >= 0.6 is 23.2 Å². The van der Waals surface area contributed by atoms with Crippen LogP contribution in [0.1, 0.15) is 19.4 Å². The van der Waals surface area contributed by atoms with Crippen LogP contribution in [0.5, 0.6) is 5.75 Å². The van der Waals surface area contributed by atoms with Crippen LogP contribution in [0.3, 0.4) is 0 Å². The number of hydrogen-bond donors (Lipinski definition) is 4. The van der Waals surface area contributed by atoms with Crippen molar-refractivity contribution in [3.63, 3.8) is 0 Å². The van der Waals surface area contributed by atoms with Gasteiger partial charge in [-0.3, -0.25) is 4.79 Å². The van der Waals surface area contributed by atoms with Gasteiger partial charge in [0.05, 0.1) is 0 Å². The van der Waals surface area contributed by atoms with Crippen LogP contribution in [0, 0.1) is 0 Å². The topological polar surface area (TPSA) is 117 Å². The standard InChI is InChI=1S/C26H25Cl2N3O5/c1-26(2,24(34)31-22(23(32)33)12-16-6-4-3-5-7-16)36-21-10-8-19(9-11-21)29-25(35)30-20-14-17(27)13-18(28)15-20/h3-11,13-15,22H,12H2,1-2H3,(H,31,34)(H,32,33)(H2,29,30,35). The maximum atomic E-state index is 12.8. The van der Waals surface area contributed by atoms with Gasteiger partial charge in [-0.05, 0) is 61.9 Å². The average Bonchev–Trinajstić information content (AvgIpc) is 2.79. The Morgan fingerprint density at radius 3 is 2.06 bits per heavy atom. The van der Waals surface area contributed by atoms with Gasteiger partial charge >= 0.3 is 12.0 Å². The van der Waals surface area contributed by atoms with Crippen molar-refractivity contribution in [2.24, 2.45) is 0 Å². The number of nitrogens with one attached hydrogen (secondary N) is 3. The van der Waals surface area contributed by atoms with E-state index in [9.17, 15) is 19.5 Å². The minimum atomic E-state index is -1.36. The maximum absolute atomic E-state index is 12.8. The van der Waals surface area contributed by atoms with Gasteiger partial charge in [-0.1, -0.05) is 53.5 Å². The summed E-state index contributed by atoms with van der Waals surface area (Å²) in [5.41, 5.74) is 0.339. The second-order valence-corrected chi connectivity index (χ2v) is 9.30. The fourth-order valence-corrected chi connectivity index (χ4v) is 3.77. The number of amides is 3. The van der Waals surface area contributed by atoms with Crippen molar-refractivity contribution in [2.75, 3.05) is 10.6 Å². The molecule has 0 aliphatic rings. The van der Waals surface area contributed by atoms with Crippen molar-refractivity contribution in [1.82, 2.24) is 5.32 Å². The summed E-state index contributed by atoms with van der Waals surface area (Å²) in [6.45, 7) is 3.08. The number of halogens is 2. The SMILES string of the molecule is CC(C)(Oc1ccc(NC(=O)Nc2cc(Cl)cc(Cl)c2)cc1)C(=O)NC(Cc1ccccc1)C(=O)O. The lowest BCUT2D eigenvalue weighted by molar-refractivity contribution is -0.144. The lowest BCUT2D eigenvalue weighted by Gasteiger charge is -2.27. The Labute approximate surface area is 218 Å². The molecule has 1 atom stereocenters. The Morgan fingerprint density at radius 1 is 0.889 bits per heavy atom. The van der Waals surface area contributed by atoms with Gasteiger partial charge in [0.15, 0.2) is 5.60 Å². The highest BCUT2D eigenvalue weighted by Crippen LogP contribution is 2.24. The van der Waals surface area contributed by atoms with E-state index in [-0.39, 0.29) is 6.42 Å². The summed E-state index contributed by atoms with van der Waals surface area (Å²) in [7, 11) is 0. The summed E-state index contributed by atoms with van der Waals surface area (Å²) in [5, 5.41) is 18.2. The van der Waals surface area contributed by atoms with Crippen LogP contribution in [0.25, 0.3) is 0 Å². The molecule has 0 aliphatic heterocycles. The first kappa shape index (κ1) is 26.8. The molecule has 0 saturated carbocycles. The predicted molar refractivity (Wildman–Crippen MR) is 140 cm³/mol. The van der Waals surface area contributed by atoms with E-state index in [2.05, 4.69) is 16.0 Å². The number of rotatable bonds is 9. The van der Waals surface area contributed by atoms with Crippen LogP contribution in [0.15, 0.2) is 72.8 Å². The van der Waals surface area contributed by atoms with Crippen molar-refractivity contribution in [3.8, 4) is 5.75 Å². The molecule has 36 heavy (non-hydrogen) atoms. The van der Waals surface area contributed by atoms with Gasteiger partial charge in [0.25, 0.3) is 5.91 Å². The minimum Gasteiger partial charge on any atom is -0.480 e. The molecule has 3 amide bonds. The van der Waals surface area contributed by atoms with Gasteiger partial charge in [-0.2, -0.15) is 0 Å². The molecule has 0 aliphatic carbocycles. The zero-order chi connectivity index (χ0) is 26.3. The molecule has 3 rings (SSSR count). The molecule has 0 spiro atoms. The van der Waals surface area contributed by atoms with E-state index >= 15 is 0 Å². The molecular weight excluding hydrogens is 505 g/mol. The normalized spacial score (nSPS) is 11.8. The van der Waals surface area contributed by atoms with E-state index in [1.165, 1.54) is 0 Å². The van der Waals surface area contributed by atoms with E-state index in [1.807, 2.05) is 6.07 Å². The van der Waals surface area contributed by atoms with Crippen LogP contribution in [0.2, 0.25) is 10.0 Å². The first-order chi connectivity index (χ1) is 17.0. The van der Waals surface area contributed by atoms with E-state index in [1.54, 1.807) is 80.6 Å². The number of hydrogen-bond acceptors (Lipinski definition) is 4. The monoisotopic (exact) mass is 529 g/mol. The summed E-state index contributed by atoms with van der Waals surface area (Å²) in [4.78, 5) is 36.8. The highest BCUT2D eigenvalue weighted by atomic mass is 35.5. The van der Waals surface area contributed by atoms with E-state index in [4.69, 9.17) is 27.9 Å². The highest BCUT2D eigenvalue weighted by molar-refractivity contribution is 6.35. The summed E-state index contributed by atoms with van der Waals surface area (Å²) in [5.74, 6) is -1.36. The van der Waals surface area contributed by atoms with Crippen LogP contribution < -0.4 is 20.7 Å². The Balaban J connectivity index is 1.58. The van der Waals surface area contributed by atoms with Crippen LogP contribution in [-0.4, -0.2) is 34.7 Å². The van der Waals surface area contributed by atoms with Gasteiger partial charge in [-0.25, -0.2) is 9.59 Å². The molecule has 10 heteroatoms. The summed E-state index contributed by atoms with van der Waals surface area (Å²) in [6.07, 6.45) is 0.141. The number of urea groups is 1. The Morgan fingerprint density at radius 2 is 1.47 bits per heavy atom. The molecule has 0 bridgehead atoms. The Bertz CT molecular complexity index is 1210. The van der Waals surface area contributed by atoms with E-state index < -0.39 is 29.6 Å². The Kier molecular flexibility index (Phi) is 8.79. The zero-order valence-corrected chi connectivity index (χ0v) is 21.1. The molecule has 8 nitrogen and oxygen atoms in total. The second-order valence-electron chi connectivity index (χ2n) is 8.43. The van der Waals surface area contributed by atoms with Crippen molar-refractivity contribution < 1.29 is 24.2 Å². The molecule has 3 aromatic rings. The number of carbonyl (C=O) groups is 3. The molecular formula is C26H25Cl2N3O5. The second kappa shape index (κ2) is 11.8. The van der Waals surface area contributed by atoms with E-state index in [0.29, 0.717) is 27.2 Å². The van der Waals surface area contributed by atoms with Crippen molar-refractivity contribution in [3.05, 3.63) is 88.4 Å². The van der Waals surface area contributed by atoms with Crippen molar-refractivity contribution >= 4 is 52.5 Å². The third-order valence-electron chi connectivity index (χ3n) is 5.04. The van der Waals surface area contributed by atoms with Gasteiger partial charge in [-0.15, -0.1) is 0 Å². The van der Waals surface area contributed by atoms with Crippen LogP contribution in [0.4, 0.5) is 16.2 Å². The summed E-state index contributed by atoms with van der Waals surface area (Å²) in [6, 6.07) is 18.5. The van der Waals surface area contributed by atoms with Gasteiger partial charge < -0.3 is 25.8 Å². The number of carboxylic acids is 1. The molecule has 188 valence electrons. The zero-order valence-electron chi connectivity index (χ0n) is 19.5. The summed E-state index contributed by atoms with van der Waals surface area (Å²) >= 11 is 11.9. The van der Waals surface area contributed by atoms with Crippen LogP contribution in [-0.2, 0) is 16.0 Å². The molecule has 0 heterocycles. The molecule has 4 N–H and O–H groups in total. The maximum Gasteiger partial charge on any atom is 0.326 e. The van der Waals surface area contributed by atoms with Crippen molar-refractivity contribution in [1.29, 1.82) is 0 Å². The summed E-state index contributed by atoms with van der Waals surface area (Å²) < 4.78 is 5.81. The third kappa shape index (κ3) is 7.90. The lowest BCUT2D eigenvalue weighted by Crippen LogP contribution is -2.52. The number of benzene rings is 3. The average molecular weight is 530 g/mol. The van der Waals surface area contributed by atoms with Gasteiger partial charge in [0.2, 0.25) is 0 Å². The molecule has 0 radical (unpaired) electrons. The molecule has 0 saturated heterocycles. The van der Waals surface area contributed by atoms with Gasteiger partial charge in [0, 0.05) is 27.8 Å². The lowest BCUT2D eigenvalue weighted by atomic mass is 10.0. The predicted octanol–water partition coefficient (Wildman–Crippen LogP) is 5.61. The fraction of sp³-hybridized carbons (Fsp3) is 0.192. The number of anilines is 2. The van der Waals surface area contributed by atoms with Crippen molar-refractivity contribution in [2.45, 2.75) is 31.9 Å². The Hall–Kier alpha value is -3.75. The number of carbonyl (C=O) groups excluding carboxylic acids is 2. The smallest absolute Gasteiger partial charge is 0.326 e. The third-order valence-corrected chi connectivity index (χ3v) is 5.47. The number of ether oxygens (including phenoxy) is 1. The largest absolute Gasteiger partial charge is 0.480 e. The highest BCUT2D eigenvalue weighted by Gasteiger charge is 2.33. The number of aliphatic carboxylic acids is 1. The first-order valence-corrected chi connectivity index (χ1v) is 11.7. The number of carboxylic acid groups (broad SMARTS) is 1. The van der Waals surface area contributed by atoms with Gasteiger partial charge in [0.1, 0.15) is 11.8 Å². The molecule has 0 aromatic heterocycles. The fourth-order valence-electron chi connectivity index (χ4n) is 3.25. The molecule has 3 aromatic carbocycles.